The van der Waals surface area contributed by atoms with Crippen LogP contribution in [0.3, 0.4) is 0 Å². The quantitative estimate of drug-likeness (QED) is 0.0138. The van der Waals surface area contributed by atoms with Crippen LogP contribution in [0.2, 0.25) is 0 Å². The van der Waals surface area contributed by atoms with Gasteiger partial charge in [0.25, 0.3) is 17.4 Å². The first-order valence-corrected chi connectivity index (χ1v) is 28.4. The van der Waals surface area contributed by atoms with Gasteiger partial charge in [-0.25, -0.2) is 9.78 Å². The standard InChI is InChI=1S/C57H76N10O19/c1-4-57(79)41-30-44-52-39(34-67(44)55(77)40(41)35-86-56(57)78)37(38-8-6-7-9-42(38)63-52)12-16-65(5-2)51(74)33-61-54(76)43(31-45(58)68)64-53(75)36(3)62-48(71)32-60-47(70)14-18-80-20-22-82-24-26-84-28-29-85-27-25-83-23-21-81-19-15-59-46(69)13-17-66-49(72)10-11-50(66)73/h6-11,30,36,43,79H,4-5,12-29,31-35H2,1-3H3,(H2,58,68)(H,59,69)(H,60,70)(H,61,76)(H,62,71)(H,64,75)/t36-,43-,57-/m0/s1. The fourth-order valence-electron chi connectivity index (χ4n) is 9.42. The minimum Gasteiger partial charge on any atom is -0.458 e. The number of rotatable bonds is 39. The number of nitrogens with two attached hydrogens (primary N) is 1. The molecule has 468 valence electrons. The van der Waals surface area contributed by atoms with Gasteiger partial charge in [0, 0.05) is 67.7 Å². The Balaban J connectivity index is 0.791. The van der Waals surface area contributed by atoms with E-state index in [0.717, 1.165) is 21.4 Å². The third kappa shape index (κ3) is 19.0. The number of fused-ring (bicyclic) bond motifs is 5. The van der Waals surface area contributed by atoms with Crippen LogP contribution in [0.5, 0.6) is 0 Å². The molecule has 3 aliphatic rings. The maximum Gasteiger partial charge on any atom is 0.343 e. The lowest BCUT2D eigenvalue weighted by atomic mass is 9.86. The minimum absolute atomic E-state index is 0.0103. The van der Waals surface area contributed by atoms with Crippen LogP contribution in [-0.2, 0) is 106 Å². The number of esters is 1. The highest BCUT2D eigenvalue weighted by atomic mass is 16.6. The monoisotopic (exact) mass is 1200 g/mol. The molecular formula is C57H76N10O19. The lowest BCUT2D eigenvalue weighted by molar-refractivity contribution is -0.172. The highest BCUT2D eigenvalue weighted by Gasteiger charge is 2.45. The molecule has 9 amide bonds. The molecule has 0 saturated heterocycles. The van der Waals surface area contributed by atoms with Crippen molar-refractivity contribution in [2.24, 2.45) is 5.73 Å². The van der Waals surface area contributed by atoms with Gasteiger partial charge in [-0.15, -0.1) is 0 Å². The summed E-state index contributed by atoms with van der Waals surface area (Å²) in [6, 6.07) is 6.29. The van der Waals surface area contributed by atoms with Gasteiger partial charge in [-0.05, 0) is 44.4 Å². The Morgan fingerprint density at radius 1 is 0.744 bits per heavy atom. The van der Waals surface area contributed by atoms with Gasteiger partial charge in [-0.2, -0.15) is 0 Å². The van der Waals surface area contributed by atoms with Crippen molar-refractivity contribution in [2.45, 2.75) is 83.7 Å². The molecule has 0 radical (unpaired) electrons. The van der Waals surface area contributed by atoms with Gasteiger partial charge in [0.05, 0.1) is 128 Å². The number of benzene rings is 1. The molecule has 5 heterocycles. The maximum absolute atomic E-state index is 13.9. The fraction of sp³-hybridized carbons (Fsp3) is 0.544. The Morgan fingerprint density at radius 3 is 1.97 bits per heavy atom. The van der Waals surface area contributed by atoms with Crippen LogP contribution < -0.4 is 37.9 Å². The third-order valence-corrected chi connectivity index (χ3v) is 14.1. The van der Waals surface area contributed by atoms with Crippen LogP contribution in [0.15, 0.2) is 47.3 Å². The van der Waals surface area contributed by atoms with Crippen LogP contribution in [0.25, 0.3) is 22.3 Å². The smallest absolute Gasteiger partial charge is 0.343 e. The van der Waals surface area contributed by atoms with Gasteiger partial charge >= 0.3 is 5.97 Å². The molecule has 3 aliphatic heterocycles. The Hall–Kier alpha value is -8.06. The molecule has 29 heteroatoms. The highest BCUT2D eigenvalue weighted by molar-refractivity contribution is 6.13. The molecule has 0 fully saturated rings. The van der Waals surface area contributed by atoms with E-state index in [1.54, 1.807) is 24.5 Å². The number of aromatic nitrogens is 2. The number of amides is 9. The second-order valence-corrected chi connectivity index (χ2v) is 20.0. The predicted molar refractivity (Wildman–Crippen MR) is 303 cm³/mol. The maximum atomic E-state index is 13.9. The molecule has 8 N–H and O–H groups in total. The van der Waals surface area contributed by atoms with E-state index in [0.29, 0.717) is 76.2 Å². The number of ether oxygens (including phenoxy) is 7. The van der Waals surface area contributed by atoms with Gasteiger partial charge < -0.3 is 80.0 Å². The number of hydrogen-bond acceptors (Lipinski definition) is 20. The first-order chi connectivity index (χ1) is 41.4. The van der Waals surface area contributed by atoms with E-state index in [1.165, 1.54) is 24.0 Å². The molecule has 0 saturated carbocycles. The summed E-state index contributed by atoms with van der Waals surface area (Å²) >= 11 is 0. The van der Waals surface area contributed by atoms with Gasteiger partial charge in [0.1, 0.15) is 18.7 Å². The topological polar surface area (TPSA) is 383 Å². The zero-order chi connectivity index (χ0) is 62.2. The predicted octanol–water partition coefficient (Wildman–Crippen LogP) is -2.51. The summed E-state index contributed by atoms with van der Waals surface area (Å²) in [6.45, 7) is 7.80. The van der Waals surface area contributed by atoms with E-state index >= 15 is 0 Å². The molecule has 3 atom stereocenters. The van der Waals surface area contributed by atoms with E-state index in [9.17, 15) is 57.8 Å². The van der Waals surface area contributed by atoms with Crippen molar-refractivity contribution in [1.82, 2.24) is 45.9 Å². The van der Waals surface area contributed by atoms with Gasteiger partial charge in [0.15, 0.2) is 5.60 Å². The summed E-state index contributed by atoms with van der Waals surface area (Å²) in [5.74, 6) is -6.34. The largest absolute Gasteiger partial charge is 0.458 e. The summed E-state index contributed by atoms with van der Waals surface area (Å²) in [4.78, 5) is 146. The summed E-state index contributed by atoms with van der Waals surface area (Å²) in [6.07, 6.45) is 1.96. The molecule has 0 bridgehead atoms. The molecule has 29 nitrogen and oxygen atoms in total. The average Bonchev–Trinajstić information content (AvgIpc) is 1.49. The summed E-state index contributed by atoms with van der Waals surface area (Å²) in [5.41, 5.74) is 6.50. The van der Waals surface area contributed by atoms with E-state index in [-0.39, 0.29) is 102 Å². The SMILES string of the molecule is CCN(CCc1c2c(nc3ccccc13)-c1cc3c(c(=O)n1C2)COC(=O)[C@]3(O)CC)C(=O)CNC(=O)[C@H](CC(N)=O)NC(=O)[C@H](C)NC(=O)CNC(=O)CCOCCOCCOCCOCCOCCOCCNC(=O)CCN1C(=O)C=CC1=O. The van der Waals surface area contributed by atoms with Gasteiger partial charge in [-0.1, -0.05) is 25.1 Å². The number of nitrogens with zero attached hydrogens (tertiary/aromatic N) is 4. The number of cyclic esters (lactones) is 1. The second-order valence-electron chi connectivity index (χ2n) is 20.0. The number of hydrogen-bond donors (Lipinski definition) is 7. The summed E-state index contributed by atoms with van der Waals surface area (Å²) in [5, 5.41) is 24.5. The van der Waals surface area contributed by atoms with Crippen LogP contribution in [-0.4, -0.2) is 214 Å². The van der Waals surface area contributed by atoms with Crippen LogP contribution in [0, 0.1) is 0 Å². The fourth-order valence-corrected chi connectivity index (χ4v) is 9.42. The van der Waals surface area contributed by atoms with Crippen molar-refractivity contribution in [1.29, 1.82) is 0 Å². The van der Waals surface area contributed by atoms with Crippen molar-refractivity contribution >= 4 is 70.0 Å². The Morgan fingerprint density at radius 2 is 1.35 bits per heavy atom. The van der Waals surface area contributed by atoms with Crippen LogP contribution in [0.4, 0.5) is 0 Å². The number of imide groups is 1. The lowest BCUT2D eigenvalue weighted by Crippen LogP contribution is -2.55. The molecule has 0 unspecified atom stereocenters. The number of pyridine rings is 2. The van der Waals surface area contributed by atoms with Crippen molar-refractivity contribution in [3.05, 3.63) is 75.1 Å². The number of nitrogens with one attached hydrogen (secondary N) is 5. The Bertz CT molecular complexity index is 3030. The van der Waals surface area contributed by atoms with E-state index in [4.69, 9.17) is 43.9 Å². The van der Waals surface area contributed by atoms with Crippen LogP contribution in [0.1, 0.15) is 68.7 Å². The molecule has 0 spiro atoms. The van der Waals surface area contributed by atoms with Gasteiger partial charge in [0.2, 0.25) is 41.4 Å². The average molecular weight is 1210 g/mol. The normalized spacial score (nSPS) is 15.5. The van der Waals surface area contributed by atoms with Crippen molar-refractivity contribution in [2.75, 3.05) is 119 Å². The molecule has 6 rings (SSSR count). The number of para-hydroxylation sites is 1. The number of aliphatic hydroxyl groups is 1. The molecule has 86 heavy (non-hydrogen) atoms. The zero-order valence-corrected chi connectivity index (χ0v) is 48.5. The lowest BCUT2D eigenvalue weighted by Gasteiger charge is -2.31. The molecule has 2 aromatic heterocycles. The van der Waals surface area contributed by atoms with Crippen molar-refractivity contribution in [3.63, 3.8) is 0 Å². The molecule has 0 aliphatic carbocycles. The summed E-state index contributed by atoms with van der Waals surface area (Å²) < 4.78 is 39.4. The Kier molecular flexibility index (Phi) is 26.2. The van der Waals surface area contributed by atoms with E-state index in [1.807, 2.05) is 24.3 Å². The first-order valence-electron chi connectivity index (χ1n) is 28.4. The van der Waals surface area contributed by atoms with E-state index in [2.05, 4.69) is 26.6 Å². The number of carbonyl (C=O) groups excluding carboxylic acids is 10. The molecule has 1 aromatic carbocycles. The summed E-state index contributed by atoms with van der Waals surface area (Å²) in [7, 11) is 0. The number of carbonyl (C=O) groups is 10. The zero-order valence-electron chi connectivity index (χ0n) is 48.5. The van der Waals surface area contributed by atoms with E-state index < -0.39 is 96.0 Å². The number of likely N-dealkylation sites (N-methyl/N-ethyl adjacent to an activating group) is 1. The van der Waals surface area contributed by atoms with Crippen molar-refractivity contribution < 1.29 is 86.2 Å². The van der Waals surface area contributed by atoms with Crippen molar-refractivity contribution in [3.8, 4) is 11.4 Å². The minimum atomic E-state index is -2.00. The first kappa shape index (κ1) is 67.1. The van der Waals surface area contributed by atoms with Crippen LogP contribution >= 0.6 is 0 Å². The second kappa shape index (κ2) is 33.6. The Labute approximate surface area is 495 Å². The molecule has 3 aromatic rings. The number of primary amides is 1. The third-order valence-electron chi connectivity index (χ3n) is 14.1. The highest BCUT2D eigenvalue weighted by Crippen LogP contribution is 2.40. The van der Waals surface area contributed by atoms with Gasteiger partial charge in [-0.3, -0.25) is 52.8 Å². The molecular weight excluding hydrogens is 1130 g/mol.